The summed E-state index contributed by atoms with van der Waals surface area (Å²) in [5, 5.41) is 13.7. The van der Waals surface area contributed by atoms with E-state index in [-0.39, 0.29) is 5.92 Å². The first kappa shape index (κ1) is 14.5. The predicted octanol–water partition coefficient (Wildman–Crippen LogP) is 1.94. The molecular formula is C14H19N3O3. The maximum atomic E-state index is 9.78. The van der Waals surface area contributed by atoms with Crippen LogP contribution in [-0.4, -0.2) is 33.4 Å². The van der Waals surface area contributed by atoms with Gasteiger partial charge in [-0.25, -0.2) is 4.98 Å². The third-order valence-electron chi connectivity index (χ3n) is 3.24. The largest absolute Gasteiger partial charge is 0.481 e. The van der Waals surface area contributed by atoms with Crippen LogP contribution in [0.1, 0.15) is 43.5 Å². The minimum atomic E-state index is -0.467. The number of methoxy groups -OCH3 is 1. The van der Waals surface area contributed by atoms with Crippen LogP contribution in [0.25, 0.3) is 0 Å². The molecule has 6 nitrogen and oxygen atoms in total. The number of aliphatic hydroxyl groups is 1. The Hall–Kier alpha value is -1.95. The number of pyridine rings is 1. The van der Waals surface area contributed by atoms with Crippen LogP contribution in [0.4, 0.5) is 0 Å². The first-order valence-corrected chi connectivity index (χ1v) is 6.63. The Balaban J connectivity index is 2.05. The zero-order chi connectivity index (χ0) is 14.5. The van der Waals surface area contributed by atoms with Gasteiger partial charge in [0, 0.05) is 18.7 Å². The maximum Gasteiger partial charge on any atom is 0.232 e. The molecule has 0 aromatic carbocycles. The van der Waals surface area contributed by atoms with Crippen LogP contribution in [0, 0.1) is 0 Å². The van der Waals surface area contributed by atoms with Gasteiger partial charge in [-0.1, -0.05) is 25.1 Å². The van der Waals surface area contributed by atoms with E-state index in [2.05, 4.69) is 15.1 Å². The molecule has 0 fully saturated rings. The molecule has 20 heavy (non-hydrogen) atoms. The fraction of sp³-hybridized carbons (Fsp3) is 0.500. The van der Waals surface area contributed by atoms with E-state index in [9.17, 15) is 5.11 Å². The smallest absolute Gasteiger partial charge is 0.232 e. The molecule has 0 amide bonds. The highest BCUT2D eigenvalue weighted by Gasteiger charge is 2.20. The molecule has 1 N–H and O–H groups in total. The van der Waals surface area contributed by atoms with Crippen molar-refractivity contribution in [2.75, 3.05) is 7.11 Å². The highest BCUT2D eigenvalue weighted by Crippen LogP contribution is 2.20. The molecule has 2 unspecified atom stereocenters. The van der Waals surface area contributed by atoms with Crippen LogP contribution in [0.3, 0.4) is 0 Å². The summed E-state index contributed by atoms with van der Waals surface area (Å²) >= 11 is 0. The lowest BCUT2D eigenvalue weighted by atomic mass is 10.0. The zero-order valence-corrected chi connectivity index (χ0v) is 11.9. The quantitative estimate of drug-likeness (QED) is 0.869. The van der Waals surface area contributed by atoms with Gasteiger partial charge in [-0.15, -0.1) is 0 Å². The van der Waals surface area contributed by atoms with Crippen molar-refractivity contribution < 1.29 is 14.4 Å². The maximum absolute atomic E-state index is 9.78. The third kappa shape index (κ3) is 3.33. The average molecular weight is 277 g/mol. The molecule has 0 aliphatic heterocycles. The monoisotopic (exact) mass is 277 g/mol. The number of aliphatic hydroxyl groups excluding tert-OH is 1. The SMILES string of the molecule is CCC(O)C(C)c1nc(Cc2ccc(OC)nc2)no1. The van der Waals surface area contributed by atoms with Crippen molar-refractivity contribution in [3.05, 3.63) is 35.6 Å². The van der Waals surface area contributed by atoms with Crippen LogP contribution in [-0.2, 0) is 6.42 Å². The summed E-state index contributed by atoms with van der Waals surface area (Å²) in [7, 11) is 1.58. The predicted molar refractivity (Wildman–Crippen MR) is 72.6 cm³/mol. The van der Waals surface area contributed by atoms with E-state index >= 15 is 0 Å². The lowest BCUT2D eigenvalue weighted by molar-refractivity contribution is 0.129. The average Bonchev–Trinajstić information content (AvgIpc) is 2.95. The fourth-order valence-corrected chi connectivity index (χ4v) is 1.86. The summed E-state index contributed by atoms with van der Waals surface area (Å²) < 4.78 is 10.2. The summed E-state index contributed by atoms with van der Waals surface area (Å²) in [5.41, 5.74) is 0.974. The van der Waals surface area contributed by atoms with Gasteiger partial charge in [0.2, 0.25) is 11.8 Å². The Labute approximate surface area is 117 Å². The number of hydrogen-bond donors (Lipinski definition) is 1. The van der Waals surface area contributed by atoms with E-state index in [0.29, 0.717) is 30.4 Å². The third-order valence-corrected chi connectivity index (χ3v) is 3.24. The summed E-state index contributed by atoms with van der Waals surface area (Å²) in [4.78, 5) is 8.45. The van der Waals surface area contributed by atoms with Gasteiger partial charge < -0.3 is 14.4 Å². The normalized spacial score (nSPS) is 14.0. The van der Waals surface area contributed by atoms with Gasteiger partial charge in [-0.05, 0) is 12.0 Å². The summed E-state index contributed by atoms with van der Waals surface area (Å²) in [6.45, 7) is 3.79. The fourth-order valence-electron chi connectivity index (χ4n) is 1.86. The molecule has 2 heterocycles. The minimum absolute atomic E-state index is 0.157. The molecule has 2 atom stereocenters. The van der Waals surface area contributed by atoms with E-state index in [1.807, 2.05) is 19.9 Å². The Kier molecular flexibility index (Phi) is 4.68. The van der Waals surface area contributed by atoms with Crippen molar-refractivity contribution in [1.82, 2.24) is 15.1 Å². The highest BCUT2D eigenvalue weighted by molar-refractivity contribution is 5.20. The standard InChI is InChI=1S/C14H19N3O3/c1-4-11(18)9(2)14-16-12(17-20-14)7-10-5-6-13(19-3)15-8-10/h5-6,8-9,11,18H,4,7H2,1-3H3. The summed E-state index contributed by atoms with van der Waals surface area (Å²) in [6.07, 6.45) is 2.45. The van der Waals surface area contributed by atoms with Crippen molar-refractivity contribution >= 4 is 0 Å². The van der Waals surface area contributed by atoms with Crippen molar-refractivity contribution in [3.63, 3.8) is 0 Å². The lowest BCUT2D eigenvalue weighted by Crippen LogP contribution is -2.14. The molecule has 0 aliphatic carbocycles. The van der Waals surface area contributed by atoms with E-state index in [1.165, 1.54) is 0 Å². The highest BCUT2D eigenvalue weighted by atomic mass is 16.5. The van der Waals surface area contributed by atoms with Gasteiger partial charge in [-0.2, -0.15) is 4.98 Å². The Bertz CT molecular complexity index is 539. The van der Waals surface area contributed by atoms with Gasteiger partial charge in [0.25, 0.3) is 0 Å². The van der Waals surface area contributed by atoms with Crippen molar-refractivity contribution in [2.45, 2.75) is 38.7 Å². The van der Waals surface area contributed by atoms with E-state index < -0.39 is 6.10 Å². The van der Waals surface area contributed by atoms with E-state index in [4.69, 9.17) is 9.26 Å². The molecular weight excluding hydrogens is 258 g/mol. The molecule has 108 valence electrons. The van der Waals surface area contributed by atoms with Crippen molar-refractivity contribution in [3.8, 4) is 5.88 Å². The molecule has 2 aromatic heterocycles. The van der Waals surface area contributed by atoms with Gasteiger partial charge in [0.15, 0.2) is 5.82 Å². The lowest BCUT2D eigenvalue weighted by Gasteiger charge is -2.11. The Morgan fingerprint density at radius 1 is 1.40 bits per heavy atom. The van der Waals surface area contributed by atoms with Gasteiger partial charge >= 0.3 is 0 Å². The van der Waals surface area contributed by atoms with Crippen molar-refractivity contribution in [2.24, 2.45) is 0 Å². The van der Waals surface area contributed by atoms with Gasteiger partial charge in [0.05, 0.1) is 19.1 Å². The van der Waals surface area contributed by atoms with Crippen LogP contribution < -0.4 is 4.74 Å². The Morgan fingerprint density at radius 2 is 2.20 bits per heavy atom. The molecule has 6 heteroatoms. The molecule has 0 saturated heterocycles. The van der Waals surface area contributed by atoms with Crippen LogP contribution in [0.5, 0.6) is 5.88 Å². The molecule has 2 rings (SSSR count). The minimum Gasteiger partial charge on any atom is -0.481 e. The number of ether oxygens (including phenoxy) is 1. The molecule has 0 saturated carbocycles. The first-order chi connectivity index (χ1) is 9.63. The van der Waals surface area contributed by atoms with Crippen LogP contribution in [0.2, 0.25) is 0 Å². The number of rotatable bonds is 6. The molecule has 0 radical (unpaired) electrons. The van der Waals surface area contributed by atoms with Gasteiger partial charge in [-0.3, -0.25) is 0 Å². The number of nitrogens with zero attached hydrogens (tertiary/aromatic N) is 3. The first-order valence-electron chi connectivity index (χ1n) is 6.63. The molecule has 0 bridgehead atoms. The zero-order valence-electron chi connectivity index (χ0n) is 11.9. The second kappa shape index (κ2) is 6.47. The van der Waals surface area contributed by atoms with Gasteiger partial charge in [0.1, 0.15) is 0 Å². The summed E-state index contributed by atoms with van der Waals surface area (Å²) in [5.74, 6) is 1.47. The van der Waals surface area contributed by atoms with Crippen LogP contribution in [0.15, 0.2) is 22.9 Å². The van der Waals surface area contributed by atoms with Crippen LogP contribution >= 0.6 is 0 Å². The second-order valence-corrected chi connectivity index (χ2v) is 4.70. The molecule has 2 aromatic rings. The molecule has 0 aliphatic rings. The van der Waals surface area contributed by atoms with Crippen molar-refractivity contribution in [1.29, 1.82) is 0 Å². The summed E-state index contributed by atoms with van der Waals surface area (Å²) in [6, 6.07) is 3.70. The Morgan fingerprint density at radius 3 is 2.80 bits per heavy atom. The topological polar surface area (TPSA) is 81.3 Å². The van der Waals surface area contributed by atoms with E-state index in [1.54, 1.807) is 19.4 Å². The number of hydrogen-bond acceptors (Lipinski definition) is 6. The second-order valence-electron chi connectivity index (χ2n) is 4.70. The molecule has 0 spiro atoms. The number of aromatic nitrogens is 3. The van der Waals surface area contributed by atoms with E-state index in [0.717, 1.165) is 5.56 Å².